The van der Waals surface area contributed by atoms with Crippen LogP contribution >= 0.6 is 11.8 Å². The van der Waals surface area contributed by atoms with Gasteiger partial charge in [0.05, 0.1) is 12.4 Å². The largest absolute Gasteiger partial charge is 0.493 e. The third kappa shape index (κ3) is 4.93. The van der Waals surface area contributed by atoms with E-state index in [1.165, 1.54) is 0 Å². The highest BCUT2D eigenvalue weighted by Crippen LogP contribution is 2.13. The molecule has 3 N–H and O–H groups in total. The van der Waals surface area contributed by atoms with E-state index in [2.05, 4.69) is 5.32 Å². The summed E-state index contributed by atoms with van der Waals surface area (Å²) in [5.41, 5.74) is 6.27. The molecule has 1 amide bonds. The molecule has 0 aliphatic heterocycles. The van der Waals surface area contributed by atoms with Crippen molar-refractivity contribution in [1.82, 2.24) is 5.32 Å². The zero-order valence-electron chi connectivity index (χ0n) is 9.23. The Bertz CT molecular complexity index is 327. The first-order chi connectivity index (χ1) is 7.72. The normalized spacial score (nSPS) is 9.81. The lowest BCUT2D eigenvalue weighted by molar-refractivity contribution is -0.118. The van der Waals surface area contributed by atoms with Crippen LogP contribution in [0.15, 0.2) is 24.3 Å². The minimum Gasteiger partial charge on any atom is -0.493 e. The molecule has 0 spiro atoms. The lowest BCUT2D eigenvalue weighted by Crippen LogP contribution is -2.20. The van der Waals surface area contributed by atoms with Crippen LogP contribution in [0.25, 0.3) is 0 Å². The monoisotopic (exact) mass is 240 g/mol. The summed E-state index contributed by atoms with van der Waals surface area (Å²) >= 11 is 1.55. The van der Waals surface area contributed by atoms with Crippen LogP contribution in [0.4, 0.5) is 5.69 Å². The maximum atomic E-state index is 10.9. The Morgan fingerprint density at radius 1 is 1.44 bits per heavy atom. The Morgan fingerprint density at radius 3 is 2.75 bits per heavy atom. The molecule has 0 radical (unpaired) electrons. The Labute approximate surface area is 99.5 Å². The average Bonchev–Trinajstić information content (AvgIpc) is 2.31. The number of hydrogen-bond donors (Lipinski definition) is 2. The predicted octanol–water partition coefficient (Wildman–Crippen LogP) is 1.13. The van der Waals surface area contributed by atoms with Crippen molar-refractivity contribution in [3.63, 3.8) is 0 Å². The van der Waals surface area contributed by atoms with Crippen LogP contribution in [0.3, 0.4) is 0 Å². The quantitative estimate of drug-likeness (QED) is 0.578. The number of carbonyl (C=O) groups excluding carboxylic acids is 1. The second-order valence-electron chi connectivity index (χ2n) is 3.14. The van der Waals surface area contributed by atoms with Crippen molar-refractivity contribution in [1.29, 1.82) is 0 Å². The van der Waals surface area contributed by atoms with E-state index in [1.807, 2.05) is 12.1 Å². The molecule has 0 unspecified atom stereocenters. The summed E-state index contributed by atoms with van der Waals surface area (Å²) in [7, 11) is 1.63. The standard InChI is InChI=1S/C11H16N2O2S/c1-13-11(14)8-16-7-6-15-10-4-2-9(12)3-5-10/h2-5H,6-8,12H2,1H3,(H,13,14). The number of ether oxygens (including phenoxy) is 1. The van der Waals surface area contributed by atoms with Crippen molar-refractivity contribution >= 4 is 23.4 Å². The molecule has 0 aliphatic carbocycles. The predicted molar refractivity (Wildman–Crippen MR) is 67.7 cm³/mol. The Hall–Kier alpha value is -1.36. The summed E-state index contributed by atoms with van der Waals surface area (Å²) in [4.78, 5) is 10.9. The molecule has 5 heteroatoms. The molecule has 0 saturated carbocycles. The number of anilines is 1. The van der Waals surface area contributed by atoms with Crippen LogP contribution in [0, 0.1) is 0 Å². The summed E-state index contributed by atoms with van der Waals surface area (Å²) in [6.07, 6.45) is 0. The van der Waals surface area contributed by atoms with E-state index in [1.54, 1.807) is 30.9 Å². The van der Waals surface area contributed by atoms with Gasteiger partial charge in [0.15, 0.2) is 0 Å². The Balaban J connectivity index is 2.11. The molecule has 16 heavy (non-hydrogen) atoms. The molecule has 4 nitrogen and oxygen atoms in total. The molecule has 0 heterocycles. The first-order valence-electron chi connectivity index (χ1n) is 4.99. The van der Waals surface area contributed by atoms with Gasteiger partial charge in [-0.3, -0.25) is 4.79 Å². The van der Waals surface area contributed by atoms with Crippen molar-refractivity contribution in [2.45, 2.75) is 0 Å². The van der Waals surface area contributed by atoms with Crippen molar-refractivity contribution in [2.75, 3.05) is 30.9 Å². The molecule has 0 atom stereocenters. The number of carbonyl (C=O) groups is 1. The number of nitrogens with two attached hydrogens (primary N) is 1. The summed E-state index contributed by atoms with van der Waals surface area (Å²) in [5, 5.41) is 2.57. The van der Waals surface area contributed by atoms with Gasteiger partial charge in [-0.25, -0.2) is 0 Å². The summed E-state index contributed by atoms with van der Waals surface area (Å²) in [6, 6.07) is 7.26. The van der Waals surface area contributed by atoms with Crippen molar-refractivity contribution in [3.05, 3.63) is 24.3 Å². The number of nitrogen functional groups attached to an aromatic ring is 1. The molecule has 1 aromatic rings. The van der Waals surface area contributed by atoms with Crippen molar-refractivity contribution in [3.8, 4) is 5.75 Å². The van der Waals surface area contributed by atoms with Gasteiger partial charge >= 0.3 is 0 Å². The minimum atomic E-state index is 0.0393. The number of amides is 1. The lowest BCUT2D eigenvalue weighted by Gasteiger charge is -2.05. The molecular formula is C11H16N2O2S. The van der Waals surface area contributed by atoms with Gasteiger partial charge in [-0.1, -0.05) is 0 Å². The Kier molecular flexibility index (Phi) is 5.56. The molecular weight excluding hydrogens is 224 g/mol. The van der Waals surface area contributed by atoms with Gasteiger partial charge < -0.3 is 15.8 Å². The van der Waals surface area contributed by atoms with Crippen LogP contribution in [0.5, 0.6) is 5.75 Å². The van der Waals surface area contributed by atoms with E-state index in [0.29, 0.717) is 12.4 Å². The van der Waals surface area contributed by atoms with Gasteiger partial charge in [0.25, 0.3) is 0 Å². The van der Waals surface area contributed by atoms with Crippen LogP contribution in [0.1, 0.15) is 0 Å². The van der Waals surface area contributed by atoms with Crippen LogP contribution in [-0.2, 0) is 4.79 Å². The number of benzene rings is 1. The van der Waals surface area contributed by atoms with Crippen molar-refractivity contribution in [2.24, 2.45) is 0 Å². The highest BCUT2D eigenvalue weighted by Gasteiger charge is 1.98. The van der Waals surface area contributed by atoms with E-state index in [4.69, 9.17) is 10.5 Å². The lowest BCUT2D eigenvalue weighted by atomic mass is 10.3. The van der Waals surface area contributed by atoms with E-state index < -0.39 is 0 Å². The third-order valence-corrected chi connectivity index (χ3v) is 2.81. The number of rotatable bonds is 6. The molecule has 0 fully saturated rings. The Morgan fingerprint density at radius 2 is 2.12 bits per heavy atom. The van der Waals surface area contributed by atoms with E-state index in [0.717, 1.165) is 17.2 Å². The maximum Gasteiger partial charge on any atom is 0.229 e. The van der Waals surface area contributed by atoms with Crippen LogP contribution in [-0.4, -0.2) is 31.1 Å². The summed E-state index contributed by atoms with van der Waals surface area (Å²) < 4.78 is 5.47. The fraction of sp³-hybridized carbons (Fsp3) is 0.364. The second-order valence-corrected chi connectivity index (χ2v) is 4.25. The van der Waals surface area contributed by atoms with Gasteiger partial charge in [0, 0.05) is 18.5 Å². The highest BCUT2D eigenvalue weighted by molar-refractivity contribution is 7.99. The van der Waals surface area contributed by atoms with Gasteiger partial charge in [0.1, 0.15) is 5.75 Å². The zero-order chi connectivity index (χ0) is 11.8. The van der Waals surface area contributed by atoms with Crippen LogP contribution in [0.2, 0.25) is 0 Å². The SMILES string of the molecule is CNC(=O)CSCCOc1ccc(N)cc1. The molecule has 1 rings (SSSR count). The maximum absolute atomic E-state index is 10.9. The van der Waals surface area contributed by atoms with Crippen molar-refractivity contribution < 1.29 is 9.53 Å². The van der Waals surface area contributed by atoms with Gasteiger partial charge in [-0.05, 0) is 24.3 Å². The molecule has 0 aliphatic rings. The molecule has 0 bridgehead atoms. The molecule has 0 aromatic heterocycles. The smallest absolute Gasteiger partial charge is 0.229 e. The van der Waals surface area contributed by atoms with Gasteiger partial charge in [-0.2, -0.15) is 0 Å². The topological polar surface area (TPSA) is 64.3 Å². The number of nitrogens with one attached hydrogen (secondary N) is 1. The fourth-order valence-electron chi connectivity index (χ4n) is 1.02. The summed E-state index contributed by atoms with van der Waals surface area (Å²) in [6.45, 7) is 0.589. The van der Waals surface area contributed by atoms with E-state index >= 15 is 0 Å². The zero-order valence-corrected chi connectivity index (χ0v) is 10.0. The third-order valence-electron chi connectivity index (χ3n) is 1.89. The first kappa shape index (κ1) is 12.7. The van der Waals surface area contributed by atoms with Crippen LogP contribution < -0.4 is 15.8 Å². The average molecular weight is 240 g/mol. The number of thioether (sulfide) groups is 1. The summed E-state index contributed by atoms with van der Waals surface area (Å²) in [5.74, 6) is 2.10. The minimum absolute atomic E-state index is 0.0393. The molecule has 88 valence electrons. The highest BCUT2D eigenvalue weighted by atomic mass is 32.2. The fourth-order valence-corrected chi connectivity index (χ4v) is 1.69. The second kappa shape index (κ2) is 7.00. The first-order valence-corrected chi connectivity index (χ1v) is 6.14. The van der Waals surface area contributed by atoms with Gasteiger partial charge in [-0.15, -0.1) is 11.8 Å². The number of hydrogen-bond acceptors (Lipinski definition) is 4. The molecule has 0 saturated heterocycles. The van der Waals surface area contributed by atoms with Gasteiger partial charge in [0.2, 0.25) is 5.91 Å². The van der Waals surface area contributed by atoms with E-state index in [-0.39, 0.29) is 5.91 Å². The van der Waals surface area contributed by atoms with E-state index in [9.17, 15) is 4.79 Å². The molecule has 1 aromatic carbocycles.